The Morgan fingerprint density at radius 1 is 1.21 bits per heavy atom. The van der Waals surface area contributed by atoms with Crippen LogP contribution in [0.2, 0.25) is 0 Å². The van der Waals surface area contributed by atoms with Crippen molar-refractivity contribution in [2.45, 2.75) is 26.4 Å². The molecule has 0 saturated carbocycles. The first-order valence-corrected chi connectivity index (χ1v) is 8.63. The van der Waals surface area contributed by atoms with Crippen LogP contribution < -0.4 is 5.32 Å². The van der Waals surface area contributed by atoms with Gasteiger partial charge in [-0.25, -0.2) is 0 Å². The van der Waals surface area contributed by atoms with Gasteiger partial charge in [0.2, 0.25) is 0 Å². The summed E-state index contributed by atoms with van der Waals surface area (Å²) in [6.07, 6.45) is 1.17. The van der Waals surface area contributed by atoms with Crippen molar-refractivity contribution >= 4 is 10.8 Å². The highest BCUT2D eigenvalue weighted by Crippen LogP contribution is 2.13. The molecule has 106 valence electrons. The Morgan fingerprint density at radius 2 is 1.89 bits per heavy atom. The second-order valence-corrected chi connectivity index (χ2v) is 6.77. The van der Waals surface area contributed by atoms with Crippen LogP contribution in [0.25, 0.3) is 0 Å². The van der Waals surface area contributed by atoms with Gasteiger partial charge in [-0.3, -0.25) is 9.11 Å². The summed E-state index contributed by atoms with van der Waals surface area (Å²) in [5, 5.41) is 3.47. The molecule has 19 heavy (non-hydrogen) atoms. The van der Waals surface area contributed by atoms with Gasteiger partial charge in [0.15, 0.2) is 0 Å². The summed E-state index contributed by atoms with van der Waals surface area (Å²) >= 11 is 0. The fourth-order valence-electron chi connectivity index (χ4n) is 2.36. The zero-order chi connectivity index (χ0) is 13.5. The molecule has 1 heterocycles. The lowest BCUT2D eigenvalue weighted by Crippen LogP contribution is -2.37. The zero-order valence-corrected chi connectivity index (χ0v) is 12.5. The topological polar surface area (TPSA) is 32.3 Å². The van der Waals surface area contributed by atoms with E-state index < -0.39 is 10.8 Å². The average Bonchev–Trinajstić information content (AvgIpc) is 2.43. The molecule has 0 spiro atoms. The van der Waals surface area contributed by atoms with Crippen LogP contribution in [0, 0.1) is 0 Å². The molecule has 1 aliphatic heterocycles. The van der Waals surface area contributed by atoms with Gasteiger partial charge in [-0.05, 0) is 24.1 Å². The van der Waals surface area contributed by atoms with Gasteiger partial charge in [0, 0.05) is 48.5 Å². The van der Waals surface area contributed by atoms with Crippen LogP contribution in [0.5, 0.6) is 0 Å². The molecule has 0 bridgehead atoms. The second-order valence-electron chi connectivity index (χ2n) is 5.07. The summed E-state index contributed by atoms with van der Waals surface area (Å²) < 4.78 is 11.4. The number of rotatable bonds is 6. The lowest BCUT2D eigenvalue weighted by Gasteiger charge is -2.27. The Balaban J connectivity index is 1.93. The lowest BCUT2D eigenvalue weighted by molar-refractivity contribution is 0.290. The fourth-order valence-corrected chi connectivity index (χ4v) is 3.49. The third-order valence-corrected chi connectivity index (χ3v) is 4.80. The molecule has 3 nitrogen and oxygen atoms in total. The first-order chi connectivity index (χ1) is 9.29. The molecule has 0 amide bonds. The van der Waals surface area contributed by atoms with Gasteiger partial charge in [0.05, 0.1) is 0 Å². The van der Waals surface area contributed by atoms with Crippen molar-refractivity contribution in [2.75, 3.05) is 31.1 Å². The number of nitrogens with one attached hydrogen (secondary N) is 1. The zero-order valence-electron chi connectivity index (χ0n) is 11.7. The van der Waals surface area contributed by atoms with Gasteiger partial charge in [-0.2, -0.15) is 0 Å². The van der Waals surface area contributed by atoms with Crippen LogP contribution in [0.1, 0.15) is 24.5 Å². The molecule has 1 aromatic carbocycles. The standard InChI is InChI=1S/C15H24N2OS/c1-2-7-16-12-14-5-3-4-6-15(14)13-17-8-10-19(18)11-9-17/h3-6,16H,2,7-13H2,1H3. The monoisotopic (exact) mass is 280 g/mol. The molecule has 0 aromatic heterocycles. The number of benzene rings is 1. The van der Waals surface area contributed by atoms with Crippen LogP contribution in [0.15, 0.2) is 24.3 Å². The number of hydrogen-bond donors (Lipinski definition) is 1. The van der Waals surface area contributed by atoms with Gasteiger partial charge >= 0.3 is 0 Å². The Hall–Kier alpha value is -0.710. The maximum absolute atomic E-state index is 11.4. The minimum absolute atomic E-state index is 0.584. The number of nitrogens with zero attached hydrogens (tertiary/aromatic N) is 1. The van der Waals surface area contributed by atoms with Crippen molar-refractivity contribution < 1.29 is 4.21 Å². The highest BCUT2D eigenvalue weighted by atomic mass is 32.2. The smallest absolute Gasteiger partial charge is 0.0363 e. The normalized spacial score (nSPS) is 17.7. The van der Waals surface area contributed by atoms with Crippen LogP contribution in [-0.2, 0) is 23.9 Å². The molecule has 0 unspecified atom stereocenters. The molecule has 0 radical (unpaired) electrons. The van der Waals surface area contributed by atoms with E-state index in [1.165, 1.54) is 17.5 Å². The van der Waals surface area contributed by atoms with Crippen molar-refractivity contribution in [1.82, 2.24) is 10.2 Å². The maximum atomic E-state index is 11.4. The number of hydrogen-bond acceptors (Lipinski definition) is 3. The molecule has 0 aliphatic carbocycles. The lowest BCUT2D eigenvalue weighted by atomic mass is 10.1. The summed E-state index contributed by atoms with van der Waals surface area (Å²) in [7, 11) is -0.584. The van der Waals surface area contributed by atoms with E-state index in [4.69, 9.17) is 0 Å². The molecule has 1 aliphatic rings. The Labute approximate surface area is 118 Å². The molecular formula is C15H24N2OS. The summed E-state index contributed by atoms with van der Waals surface area (Å²) in [4.78, 5) is 2.42. The highest BCUT2D eigenvalue weighted by Gasteiger charge is 2.16. The predicted octanol–water partition coefficient (Wildman–Crippen LogP) is 1.75. The van der Waals surface area contributed by atoms with Crippen LogP contribution in [0.4, 0.5) is 0 Å². The van der Waals surface area contributed by atoms with E-state index in [1.54, 1.807) is 0 Å². The molecule has 0 atom stereocenters. The van der Waals surface area contributed by atoms with E-state index in [9.17, 15) is 4.21 Å². The molecule has 2 rings (SSSR count). The van der Waals surface area contributed by atoms with E-state index in [0.29, 0.717) is 0 Å². The quantitative estimate of drug-likeness (QED) is 0.806. The maximum Gasteiger partial charge on any atom is 0.0363 e. The molecule has 1 fully saturated rings. The van der Waals surface area contributed by atoms with E-state index in [2.05, 4.69) is 41.4 Å². The molecule has 1 aromatic rings. The average molecular weight is 280 g/mol. The molecule has 4 heteroatoms. The van der Waals surface area contributed by atoms with E-state index in [-0.39, 0.29) is 0 Å². The van der Waals surface area contributed by atoms with Crippen molar-refractivity contribution in [1.29, 1.82) is 0 Å². The minimum atomic E-state index is -0.584. The van der Waals surface area contributed by atoms with Gasteiger partial charge in [-0.1, -0.05) is 31.2 Å². The van der Waals surface area contributed by atoms with Gasteiger partial charge in [-0.15, -0.1) is 0 Å². The van der Waals surface area contributed by atoms with Crippen molar-refractivity contribution in [3.05, 3.63) is 35.4 Å². The third-order valence-electron chi connectivity index (χ3n) is 3.52. The second kappa shape index (κ2) is 7.78. The SMILES string of the molecule is CCCNCc1ccccc1CN1CCS(=O)CC1. The highest BCUT2D eigenvalue weighted by molar-refractivity contribution is 7.85. The van der Waals surface area contributed by atoms with Crippen molar-refractivity contribution in [3.63, 3.8) is 0 Å². The minimum Gasteiger partial charge on any atom is -0.313 e. The fraction of sp³-hybridized carbons (Fsp3) is 0.600. The van der Waals surface area contributed by atoms with Crippen LogP contribution in [-0.4, -0.2) is 40.2 Å². The summed E-state index contributed by atoms with van der Waals surface area (Å²) in [5.41, 5.74) is 2.79. The van der Waals surface area contributed by atoms with E-state index in [1.807, 2.05) is 0 Å². The van der Waals surface area contributed by atoms with Crippen LogP contribution in [0.3, 0.4) is 0 Å². The van der Waals surface area contributed by atoms with Crippen molar-refractivity contribution in [2.24, 2.45) is 0 Å². The molecular weight excluding hydrogens is 256 g/mol. The predicted molar refractivity (Wildman–Crippen MR) is 81.6 cm³/mol. The van der Waals surface area contributed by atoms with Crippen molar-refractivity contribution in [3.8, 4) is 0 Å². The van der Waals surface area contributed by atoms with E-state index in [0.717, 1.165) is 44.2 Å². The third kappa shape index (κ3) is 4.71. The van der Waals surface area contributed by atoms with Gasteiger partial charge in [0.25, 0.3) is 0 Å². The Morgan fingerprint density at radius 3 is 2.58 bits per heavy atom. The largest absolute Gasteiger partial charge is 0.313 e. The summed E-state index contributed by atoms with van der Waals surface area (Å²) in [6, 6.07) is 8.65. The Bertz CT molecular complexity index is 412. The van der Waals surface area contributed by atoms with E-state index >= 15 is 0 Å². The first kappa shape index (κ1) is 14.7. The first-order valence-electron chi connectivity index (χ1n) is 7.14. The van der Waals surface area contributed by atoms with Gasteiger partial charge in [0.1, 0.15) is 0 Å². The Kier molecular flexibility index (Phi) is 6.01. The summed E-state index contributed by atoms with van der Waals surface area (Å²) in [6.45, 7) is 7.11. The van der Waals surface area contributed by atoms with Crippen LogP contribution >= 0.6 is 0 Å². The molecule has 1 N–H and O–H groups in total. The van der Waals surface area contributed by atoms with Gasteiger partial charge < -0.3 is 5.32 Å². The molecule has 1 saturated heterocycles. The summed E-state index contributed by atoms with van der Waals surface area (Å²) in [5.74, 6) is 1.66.